The number of hydrogen-bond acceptors (Lipinski definition) is 5. The number of nitrogens with zero attached hydrogens (tertiary/aromatic N) is 2. The first-order valence-corrected chi connectivity index (χ1v) is 11.5. The number of rotatable bonds is 5. The van der Waals surface area contributed by atoms with Gasteiger partial charge in [0.15, 0.2) is 11.5 Å². The Morgan fingerprint density at radius 3 is 2.51 bits per heavy atom. The number of methoxy groups -OCH3 is 1. The fraction of sp³-hybridized carbons (Fsp3) is 0.185. The van der Waals surface area contributed by atoms with E-state index in [0.29, 0.717) is 39.8 Å². The van der Waals surface area contributed by atoms with Crippen molar-refractivity contribution in [2.24, 2.45) is 0 Å². The molecule has 1 aliphatic rings. The van der Waals surface area contributed by atoms with Crippen LogP contribution >= 0.6 is 11.6 Å². The number of carbonyl (C=O) groups excluding carboxylic acids is 1. The van der Waals surface area contributed by atoms with Crippen molar-refractivity contribution in [1.82, 2.24) is 15.1 Å². The van der Waals surface area contributed by atoms with Gasteiger partial charge in [0, 0.05) is 22.7 Å². The quantitative estimate of drug-likeness (QED) is 0.343. The number of carbonyl (C=O) groups is 1. The lowest BCUT2D eigenvalue weighted by Gasteiger charge is -2.27. The molecule has 3 aromatic carbocycles. The molecule has 5 rings (SSSR count). The van der Waals surface area contributed by atoms with Gasteiger partial charge in [0.05, 0.1) is 13.2 Å². The van der Waals surface area contributed by atoms with Gasteiger partial charge in [-0.3, -0.25) is 9.89 Å². The summed E-state index contributed by atoms with van der Waals surface area (Å²) in [5.41, 5.74) is 5.42. The average Bonchev–Trinajstić information content (AvgIpc) is 3.37. The zero-order chi connectivity index (χ0) is 24.9. The number of nitrogens with one attached hydrogen (secondary N) is 1. The zero-order valence-corrected chi connectivity index (χ0v) is 20.2. The number of phenols is 2. The van der Waals surface area contributed by atoms with Gasteiger partial charge >= 0.3 is 0 Å². The number of hydrogen-bond donors (Lipinski definition) is 3. The Kier molecular flexibility index (Phi) is 5.65. The summed E-state index contributed by atoms with van der Waals surface area (Å²) in [6, 6.07) is 15.7. The summed E-state index contributed by atoms with van der Waals surface area (Å²) in [6.45, 7) is 4.17. The third kappa shape index (κ3) is 3.88. The highest BCUT2D eigenvalue weighted by molar-refractivity contribution is 6.31. The fourth-order valence-corrected chi connectivity index (χ4v) is 4.69. The molecule has 0 radical (unpaired) electrons. The molecule has 4 aromatic rings. The molecule has 8 heteroatoms. The van der Waals surface area contributed by atoms with Crippen LogP contribution in [0.3, 0.4) is 0 Å². The monoisotopic (exact) mass is 489 g/mol. The number of phenolic OH excluding ortho intramolecular Hbond substituents is 2. The van der Waals surface area contributed by atoms with E-state index < -0.39 is 6.04 Å². The molecule has 0 bridgehead atoms. The van der Waals surface area contributed by atoms with Crippen LogP contribution in [0.15, 0.2) is 54.6 Å². The first-order valence-electron chi connectivity index (χ1n) is 11.1. The van der Waals surface area contributed by atoms with Crippen LogP contribution in [0.25, 0.3) is 11.3 Å². The first kappa shape index (κ1) is 22.8. The van der Waals surface area contributed by atoms with E-state index in [9.17, 15) is 15.0 Å². The number of H-pyrrole nitrogens is 1. The maximum Gasteiger partial charge on any atom is 0.273 e. The van der Waals surface area contributed by atoms with E-state index in [2.05, 4.69) is 10.2 Å². The second kappa shape index (κ2) is 8.67. The number of halogens is 1. The van der Waals surface area contributed by atoms with Crippen molar-refractivity contribution in [2.75, 3.05) is 7.11 Å². The van der Waals surface area contributed by atoms with Gasteiger partial charge in [-0.25, -0.2) is 0 Å². The van der Waals surface area contributed by atoms with Gasteiger partial charge in [-0.2, -0.15) is 5.10 Å². The summed E-state index contributed by atoms with van der Waals surface area (Å²) < 4.78 is 5.34. The summed E-state index contributed by atoms with van der Waals surface area (Å²) in [4.78, 5) is 15.4. The SMILES string of the molecule is COc1cc(C2c3c(-c4cc(Cl)c(C)cc4O)n[nH]c3C(=O)N2Cc2ccc(C)cc2)ccc1O. The third-order valence-electron chi connectivity index (χ3n) is 6.39. The second-order valence-corrected chi connectivity index (χ2v) is 9.14. The summed E-state index contributed by atoms with van der Waals surface area (Å²) in [7, 11) is 1.48. The lowest BCUT2D eigenvalue weighted by atomic mass is 9.94. The molecule has 0 aliphatic carbocycles. The number of amides is 1. The molecule has 1 aromatic heterocycles. The van der Waals surface area contributed by atoms with Crippen molar-refractivity contribution in [2.45, 2.75) is 26.4 Å². The summed E-state index contributed by atoms with van der Waals surface area (Å²) in [5.74, 6) is 0.105. The third-order valence-corrected chi connectivity index (χ3v) is 6.80. The maximum atomic E-state index is 13.6. The second-order valence-electron chi connectivity index (χ2n) is 8.73. The van der Waals surface area contributed by atoms with Gasteiger partial charge in [-0.1, -0.05) is 47.5 Å². The van der Waals surface area contributed by atoms with E-state index in [1.165, 1.54) is 7.11 Å². The van der Waals surface area contributed by atoms with Crippen molar-refractivity contribution in [3.8, 4) is 28.5 Å². The Balaban J connectivity index is 1.69. The van der Waals surface area contributed by atoms with Crippen molar-refractivity contribution in [3.63, 3.8) is 0 Å². The molecule has 1 aliphatic heterocycles. The van der Waals surface area contributed by atoms with E-state index in [1.807, 2.05) is 31.2 Å². The highest BCUT2D eigenvalue weighted by Crippen LogP contribution is 2.47. The van der Waals surface area contributed by atoms with Gasteiger partial charge < -0.3 is 19.8 Å². The fourth-order valence-electron chi connectivity index (χ4n) is 4.52. The van der Waals surface area contributed by atoms with Gasteiger partial charge in [0.1, 0.15) is 17.1 Å². The van der Waals surface area contributed by atoms with Crippen molar-refractivity contribution >= 4 is 17.5 Å². The Morgan fingerprint density at radius 2 is 1.80 bits per heavy atom. The Morgan fingerprint density at radius 1 is 1.06 bits per heavy atom. The van der Waals surface area contributed by atoms with Crippen LogP contribution in [-0.2, 0) is 6.54 Å². The number of ether oxygens (including phenoxy) is 1. The number of aromatic amines is 1. The van der Waals surface area contributed by atoms with E-state index in [4.69, 9.17) is 16.3 Å². The molecule has 7 nitrogen and oxygen atoms in total. The van der Waals surface area contributed by atoms with E-state index >= 15 is 0 Å². The van der Waals surface area contributed by atoms with Crippen molar-refractivity contribution in [3.05, 3.63) is 93.1 Å². The Bertz CT molecular complexity index is 1450. The number of benzene rings is 3. The molecule has 0 fully saturated rings. The van der Waals surface area contributed by atoms with Crippen LogP contribution in [0.5, 0.6) is 17.2 Å². The highest BCUT2D eigenvalue weighted by Gasteiger charge is 2.42. The number of aromatic nitrogens is 2. The zero-order valence-electron chi connectivity index (χ0n) is 19.5. The normalized spacial score (nSPS) is 14.9. The lowest BCUT2D eigenvalue weighted by Crippen LogP contribution is -2.29. The molecule has 178 valence electrons. The van der Waals surface area contributed by atoms with Crippen LogP contribution in [-0.4, -0.2) is 38.3 Å². The number of fused-ring (bicyclic) bond motifs is 1. The minimum Gasteiger partial charge on any atom is -0.507 e. The van der Waals surface area contributed by atoms with Gasteiger partial charge in [0.25, 0.3) is 5.91 Å². The molecular weight excluding hydrogens is 466 g/mol. The number of aromatic hydroxyl groups is 2. The summed E-state index contributed by atoms with van der Waals surface area (Å²) in [6.07, 6.45) is 0. The predicted molar refractivity (Wildman–Crippen MR) is 133 cm³/mol. The molecule has 3 N–H and O–H groups in total. The van der Waals surface area contributed by atoms with Crippen LogP contribution in [0.4, 0.5) is 0 Å². The van der Waals surface area contributed by atoms with Crippen molar-refractivity contribution < 1.29 is 19.7 Å². The molecule has 0 saturated carbocycles. The van der Waals surface area contributed by atoms with E-state index in [1.54, 1.807) is 42.2 Å². The van der Waals surface area contributed by atoms with Gasteiger partial charge in [-0.05, 0) is 54.8 Å². The molecule has 1 atom stereocenters. The molecule has 0 spiro atoms. The number of aryl methyl sites for hydroxylation is 2. The summed E-state index contributed by atoms with van der Waals surface area (Å²) in [5, 5.41) is 28.7. The highest BCUT2D eigenvalue weighted by atomic mass is 35.5. The Labute approximate surface area is 207 Å². The smallest absolute Gasteiger partial charge is 0.273 e. The minimum atomic E-state index is -0.540. The lowest BCUT2D eigenvalue weighted by molar-refractivity contribution is 0.0730. The molecular formula is C27H24ClN3O4. The van der Waals surface area contributed by atoms with E-state index in [0.717, 1.165) is 22.3 Å². The van der Waals surface area contributed by atoms with Gasteiger partial charge in [0.2, 0.25) is 0 Å². The first-order chi connectivity index (χ1) is 16.8. The predicted octanol–water partition coefficient (Wildman–Crippen LogP) is 5.51. The van der Waals surface area contributed by atoms with Crippen molar-refractivity contribution in [1.29, 1.82) is 0 Å². The minimum absolute atomic E-state index is 0.00117. The van der Waals surface area contributed by atoms with Gasteiger partial charge in [-0.15, -0.1) is 0 Å². The molecule has 35 heavy (non-hydrogen) atoms. The molecule has 0 saturated heterocycles. The van der Waals surface area contributed by atoms with Crippen LogP contribution in [0.1, 0.15) is 44.3 Å². The van der Waals surface area contributed by atoms with Crippen LogP contribution < -0.4 is 4.74 Å². The van der Waals surface area contributed by atoms with Crippen LogP contribution in [0, 0.1) is 13.8 Å². The molecule has 1 unspecified atom stereocenters. The van der Waals surface area contributed by atoms with Crippen LogP contribution in [0.2, 0.25) is 5.02 Å². The average molecular weight is 490 g/mol. The standard InChI is InChI=1S/C27H24ClN3O4/c1-14-4-6-16(7-5-14)13-31-26(17-8-9-20(32)22(11-17)35-3)23-24(29-30-25(23)27(31)34)18-12-19(28)15(2)10-21(18)33/h4-12,26,32-33H,13H2,1-3H3,(H,29,30). The van der Waals surface area contributed by atoms with E-state index in [-0.39, 0.29) is 17.4 Å². The molecule has 2 heterocycles. The Hall–Kier alpha value is -3.97. The topological polar surface area (TPSA) is 98.7 Å². The maximum absolute atomic E-state index is 13.6. The largest absolute Gasteiger partial charge is 0.507 e. The molecule has 1 amide bonds. The summed E-state index contributed by atoms with van der Waals surface area (Å²) >= 11 is 6.37.